The topological polar surface area (TPSA) is 6.48 Å². The Labute approximate surface area is 104 Å². The molecule has 2 nitrogen and oxygen atoms in total. The van der Waals surface area contributed by atoms with Gasteiger partial charge >= 0.3 is 0 Å². The van der Waals surface area contributed by atoms with Crippen LogP contribution in [0.5, 0.6) is 0 Å². The molecule has 1 aliphatic carbocycles. The molecule has 90 valence electrons. The maximum Gasteiger partial charge on any atom is 0.0456 e. The Morgan fingerprint density at radius 3 is 2.47 bits per heavy atom. The van der Waals surface area contributed by atoms with E-state index in [1.165, 1.54) is 42.6 Å². The number of hydrogen-bond donors (Lipinski definition) is 0. The molecule has 1 aliphatic heterocycles. The molecule has 0 amide bonds. The first kappa shape index (κ1) is 10.7. The number of benzene rings is 1. The van der Waals surface area contributed by atoms with Crippen molar-refractivity contribution in [2.24, 2.45) is 0 Å². The first-order chi connectivity index (χ1) is 8.27. The Morgan fingerprint density at radius 1 is 0.941 bits per heavy atom. The molecule has 3 rings (SSSR count). The van der Waals surface area contributed by atoms with E-state index < -0.39 is 0 Å². The largest absolute Gasteiger partial charge is 0.372 e. The van der Waals surface area contributed by atoms with Crippen LogP contribution in [0.15, 0.2) is 35.7 Å². The molecule has 0 bridgehead atoms. The summed E-state index contributed by atoms with van der Waals surface area (Å²) in [5.74, 6) is 0. The molecular formula is C15H20N2. The van der Waals surface area contributed by atoms with Crippen molar-refractivity contribution in [2.75, 3.05) is 19.0 Å². The van der Waals surface area contributed by atoms with Crippen LogP contribution in [0.25, 0.3) is 0 Å². The van der Waals surface area contributed by atoms with Gasteiger partial charge in [0.1, 0.15) is 0 Å². The number of nitrogens with zero attached hydrogens (tertiary/aromatic N) is 2. The van der Waals surface area contributed by atoms with Crippen LogP contribution in [0.2, 0.25) is 0 Å². The van der Waals surface area contributed by atoms with Crippen LogP contribution in [0.4, 0.5) is 5.69 Å². The molecule has 0 N–H and O–H groups in total. The maximum atomic E-state index is 2.44. The van der Waals surface area contributed by atoms with Crippen LogP contribution in [0.3, 0.4) is 0 Å². The average molecular weight is 228 g/mol. The van der Waals surface area contributed by atoms with Crippen molar-refractivity contribution in [3.05, 3.63) is 41.2 Å². The summed E-state index contributed by atoms with van der Waals surface area (Å²) in [5.41, 5.74) is 5.90. The molecule has 2 aliphatic rings. The molecule has 0 saturated heterocycles. The van der Waals surface area contributed by atoms with Crippen molar-refractivity contribution in [3.8, 4) is 0 Å². The minimum absolute atomic E-state index is 1.04. The standard InChI is InChI=1S/C15H20N2/c1-16-11-12-7-3-4-8-13(12)17(2)15-10-6-5-9-14(15)16/h3-4,7-8H,5-6,9-11H2,1-2H3. The van der Waals surface area contributed by atoms with Gasteiger partial charge in [-0.05, 0) is 37.3 Å². The zero-order valence-corrected chi connectivity index (χ0v) is 10.7. The molecule has 17 heavy (non-hydrogen) atoms. The highest BCUT2D eigenvalue weighted by Crippen LogP contribution is 2.36. The van der Waals surface area contributed by atoms with Crippen LogP contribution < -0.4 is 4.90 Å². The molecular weight excluding hydrogens is 208 g/mol. The summed E-state index contributed by atoms with van der Waals surface area (Å²) in [7, 11) is 4.45. The van der Waals surface area contributed by atoms with E-state index in [1.54, 1.807) is 5.70 Å². The van der Waals surface area contributed by atoms with E-state index in [2.05, 4.69) is 48.2 Å². The highest BCUT2D eigenvalue weighted by Gasteiger charge is 2.24. The third kappa shape index (κ3) is 1.72. The molecule has 0 aromatic heterocycles. The van der Waals surface area contributed by atoms with E-state index >= 15 is 0 Å². The summed E-state index contributed by atoms with van der Waals surface area (Å²) in [6.45, 7) is 1.04. The van der Waals surface area contributed by atoms with Crippen molar-refractivity contribution in [2.45, 2.75) is 32.2 Å². The fourth-order valence-electron chi connectivity index (χ4n) is 3.11. The summed E-state index contributed by atoms with van der Waals surface area (Å²) < 4.78 is 0. The maximum absolute atomic E-state index is 2.44. The number of anilines is 1. The number of rotatable bonds is 0. The van der Waals surface area contributed by atoms with E-state index in [9.17, 15) is 0 Å². The van der Waals surface area contributed by atoms with Gasteiger partial charge < -0.3 is 9.80 Å². The first-order valence-corrected chi connectivity index (χ1v) is 6.52. The Kier molecular flexibility index (Phi) is 2.58. The molecule has 0 spiro atoms. The predicted molar refractivity (Wildman–Crippen MR) is 71.8 cm³/mol. The molecule has 1 aromatic rings. The summed E-state index contributed by atoms with van der Waals surface area (Å²) >= 11 is 0. The molecule has 0 fully saturated rings. The number of fused-ring (bicyclic) bond motifs is 1. The summed E-state index contributed by atoms with van der Waals surface area (Å²) in [6, 6.07) is 8.78. The zero-order valence-electron chi connectivity index (χ0n) is 10.7. The van der Waals surface area contributed by atoms with Gasteiger partial charge in [-0.1, -0.05) is 18.2 Å². The zero-order chi connectivity index (χ0) is 11.8. The van der Waals surface area contributed by atoms with Gasteiger partial charge in [-0.15, -0.1) is 0 Å². The van der Waals surface area contributed by atoms with E-state index in [-0.39, 0.29) is 0 Å². The van der Waals surface area contributed by atoms with Crippen LogP contribution in [0, 0.1) is 0 Å². The molecule has 0 saturated carbocycles. The first-order valence-electron chi connectivity index (χ1n) is 6.52. The molecule has 2 heteroatoms. The Morgan fingerprint density at radius 2 is 1.65 bits per heavy atom. The second kappa shape index (κ2) is 4.10. The van der Waals surface area contributed by atoms with Crippen LogP contribution in [-0.2, 0) is 6.54 Å². The lowest BCUT2D eigenvalue weighted by Crippen LogP contribution is -2.24. The monoisotopic (exact) mass is 228 g/mol. The van der Waals surface area contributed by atoms with Gasteiger partial charge in [-0.2, -0.15) is 0 Å². The average Bonchev–Trinajstić information content (AvgIpc) is 2.48. The number of hydrogen-bond acceptors (Lipinski definition) is 2. The van der Waals surface area contributed by atoms with Gasteiger partial charge in [0.15, 0.2) is 0 Å². The van der Waals surface area contributed by atoms with Gasteiger partial charge in [-0.3, -0.25) is 0 Å². The van der Waals surface area contributed by atoms with E-state index in [4.69, 9.17) is 0 Å². The molecule has 0 atom stereocenters. The van der Waals surface area contributed by atoms with Gasteiger partial charge in [0.2, 0.25) is 0 Å². The molecule has 1 aromatic carbocycles. The lowest BCUT2D eigenvalue weighted by Gasteiger charge is -2.30. The van der Waals surface area contributed by atoms with E-state index in [0.717, 1.165) is 6.54 Å². The minimum atomic E-state index is 1.04. The lowest BCUT2D eigenvalue weighted by atomic mass is 10.00. The second-order valence-corrected chi connectivity index (χ2v) is 5.14. The summed E-state index contributed by atoms with van der Waals surface area (Å²) in [6.07, 6.45) is 5.14. The second-order valence-electron chi connectivity index (χ2n) is 5.14. The third-order valence-electron chi connectivity index (χ3n) is 4.04. The number of para-hydroxylation sites is 1. The van der Waals surface area contributed by atoms with Crippen LogP contribution in [-0.4, -0.2) is 19.0 Å². The number of allylic oxidation sites excluding steroid dienone is 2. The van der Waals surface area contributed by atoms with Gasteiger partial charge in [0.25, 0.3) is 0 Å². The summed E-state index contributed by atoms with van der Waals surface area (Å²) in [5, 5.41) is 0. The van der Waals surface area contributed by atoms with Gasteiger partial charge in [-0.25, -0.2) is 0 Å². The van der Waals surface area contributed by atoms with Gasteiger partial charge in [0, 0.05) is 37.7 Å². The molecule has 0 unspecified atom stereocenters. The normalized spacial score (nSPS) is 19.9. The Bertz CT molecular complexity index is 462. The van der Waals surface area contributed by atoms with Crippen LogP contribution in [0.1, 0.15) is 31.2 Å². The third-order valence-corrected chi connectivity index (χ3v) is 4.04. The summed E-state index contributed by atoms with van der Waals surface area (Å²) in [4.78, 5) is 4.85. The molecule has 0 radical (unpaired) electrons. The van der Waals surface area contributed by atoms with Gasteiger partial charge in [0.05, 0.1) is 0 Å². The SMILES string of the molecule is CN1Cc2ccccc2N(C)C2=C1CCCC2. The highest BCUT2D eigenvalue weighted by atomic mass is 15.2. The smallest absolute Gasteiger partial charge is 0.0456 e. The quantitative estimate of drug-likeness (QED) is 0.672. The van der Waals surface area contributed by atoms with Crippen LogP contribution >= 0.6 is 0 Å². The highest BCUT2D eigenvalue weighted by molar-refractivity contribution is 5.59. The van der Waals surface area contributed by atoms with Crippen molar-refractivity contribution in [1.82, 2.24) is 4.90 Å². The van der Waals surface area contributed by atoms with Crippen molar-refractivity contribution < 1.29 is 0 Å². The van der Waals surface area contributed by atoms with Crippen molar-refractivity contribution >= 4 is 5.69 Å². The van der Waals surface area contributed by atoms with E-state index in [1.807, 2.05) is 0 Å². The van der Waals surface area contributed by atoms with E-state index in [0.29, 0.717) is 0 Å². The molecule has 1 heterocycles. The fraction of sp³-hybridized carbons (Fsp3) is 0.467. The van der Waals surface area contributed by atoms with Crippen molar-refractivity contribution in [1.29, 1.82) is 0 Å². The van der Waals surface area contributed by atoms with Crippen molar-refractivity contribution in [3.63, 3.8) is 0 Å². The Hall–Kier alpha value is -1.44. The minimum Gasteiger partial charge on any atom is -0.372 e. The predicted octanol–water partition coefficient (Wildman–Crippen LogP) is 3.35. The lowest BCUT2D eigenvalue weighted by molar-refractivity contribution is 0.377. The fourth-order valence-corrected chi connectivity index (χ4v) is 3.11. The Balaban J connectivity index is 2.11.